The fourth-order valence-corrected chi connectivity index (χ4v) is 4.55. The molecule has 0 aliphatic rings. The molecule has 0 spiro atoms. The minimum Gasteiger partial charge on any atom is -0.478 e. The molecule has 176 valence electrons. The van der Waals surface area contributed by atoms with E-state index in [1.54, 1.807) is 18.2 Å². The van der Waals surface area contributed by atoms with Crippen molar-refractivity contribution in [3.63, 3.8) is 0 Å². The minimum atomic E-state index is -1.02. The average molecular weight is 466 g/mol. The molecule has 0 fully saturated rings. The van der Waals surface area contributed by atoms with E-state index in [2.05, 4.69) is 67.3 Å². The maximum atomic E-state index is 12.0. The van der Waals surface area contributed by atoms with Crippen LogP contribution >= 0.6 is 0 Å². The summed E-state index contributed by atoms with van der Waals surface area (Å²) in [7, 11) is 0. The molecule has 0 amide bonds. The van der Waals surface area contributed by atoms with Crippen LogP contribution < -0.4 is 0 Å². The van der Waals surface area contributed by atoms with Crippen molar-refractivity contribution < 1.29 is 14.3 Å². The van der Waals surface area contributed by atoms with Crippen molar-refractivity contribution in [1.82, 2.24) is 14.8 Å². The Morgan fingerprint density at radius 2 is 1.63 bits per heavy atom. The van der Waals surface area contributed by atoms with Crippen LogP contribution in [0.15, 0.2) is 65.3 Å². The fourth-order valence-electron chi connectivity index (χ4n) is 4.55. The van der Waals surface area contributed by atoms with E-state index in [4.69, 9.17) is 4.42 Å². The van der Waals surface area contributed by atoms with Gasteiger partial charge in [-0.15, -0.1) is 0 Å². The predicted octanol–water partition coefficient (Wildman–Crippen LogP) is 6.26. The third-order valence-corrected chi connectivity index (χ3v) is 6.72. The van der Waals surface area contributed by atoms with Gasteiger partial charge in [-0.25, -0.2) is 9.78 Å². The highest BCUT2D eigenvalue weighted by Gasteiger charge is 2.20. The second-order valence-electron chi connectivity index (χ2n) is 9.13. The van der Waals surface area contributed by atoms with E-state index >= 15 is 0 Å². The zero-order valence-electron chi connectivity index (χ0n) is 20.3. The Kier molecular flexibility index (Phi) is 5.73. The van der Waals surface area contributed by atoms with E-state index in [0.29, 0.717) is 29.0 Å². The number of aromatic nitrogens is 3. The Morgan fingerprint density at radius 3 is 2.26 bits per heavy atom. The molecule has 0 unspecified atom stereocenters. The van der Waals surface area contributed by atoms with Gasteiger partial charge in [0.05, 0.1) is 23.8 Å². The van der Waals surface area contributed by atoms with Gasteiger partial charge in [-0.3, -0.25) is 4.68 Å². The topological polar surface area (TPSA) is 81.2 Å². The Labute approximate surface area is 203 Å². The van der Waals surface area contributed by atoms with E-state index in [1.165, 1.54) is 34.1 Å². The maximum Gasteiger partial charge on any atom is 0.336 e. The van der Waals surface area contributed by atoms with Crippen LogP contribution in [0, 0.1) is 27.7 Å². The molecule has 0 saturated heterocycles. The Morgan fingerprint density at radius 1 is 0.943 bits per heavy atom. The molecule has 0 bridgehead atoms. The Hall–Kier alpha value is -4.19. The first-order valence-electron chi connectivity index (χ1n) is 11.6. The highest BCUT2D eigenvalue weighted by molar-refractivity contribution is 6.03. The number of carbonyl (C=O) groups is 1. The highest BCUT2D eigenvalue weighted by Crippen LogP contribution is 2.28. The standard InChI is InChI=1S/C29H27N3O3/c1-17-12-23(13-18(2)19(17)3)14-21-7-9-22(10-8-21)16-32-20(4)27-24(29(33)34)15-25(30-28(27)31-32)26-6-5-11-35-26/h5-13,15H,14,16H2,1-4H3,(H,33,34). The number of hydrogen-bond donors (Lipinski definition) is 1. The SMILES string of the molecule is Cc1cc(Cc2ccc(Cn3nc4nc(-c5ccco5)cc(C(=O)O)c4c3C)cc2)cc(C)c1C. The molecule has 0 aliphatic carbocycles. The number of hydrogen-bond acceptors (Lipinski definition) is 4. The summed E-state index contributed by atoms with van der Waals surface area (Å²) in [6.45, 7) is 8.89. The molecular formula is C29H27N3O3. The van der Waals surface area contributed by atoms with Crippen LogP contribution in [0.25, 0.3) is 22.5 Å². The number of benzene rings is 2. The average Bonchev–Trinajstić information content (AvgIpc) is 3.47. The number of aromatic carboxylic acids is 1. The summed E-state index contributed by atoms with van der Waals surface area (Å²) >= 11 is 0. The van der Waals surface area contributed by atoms with Crippen LogP contribution in [0.4, 0.5) is 0 Å². The molecule has 3 heterocycles. The molecule has 6 nitrogen and oxygen atoms in total. The van der Waals surface area contributed by atoms with Crippen LogP contribution in [-0.4, -0.2) is 25.8 Å². The summed E-state index contributed by atoms with van der Waals surface area (Å²) in [5.41, 5.74) is 9.43. The summed E-state index contributed by atoms with van der Waals surface area (Å²) in [5.74, 6) is -0.505. The van der Waals surface area contributed by atoms with Crippen molar-refractivity contribution in [2.75, 3.05) is 0 Å². The normalized spacial score (nSPS) is 11.3. The third kappa shape index (κ3) is 4.35. The van der Waals surface area contributed by atoms with Crippen molar-refractivity contribution in [3.05, 3.63) is 105 Å². The molecule has 0 radical (unpaired) electrons. The Bertz CT molecular complexity index is 1520. The number of furan rings is 1. The van der Waals surface area contributed by atoms with Gasteiger partial charge in [0.25, 0.3) is 0 Å². The van der Waals surface area contributed by atoms with Gasteiger partial charge in [-0.1, -0.05) is 36.4 Å². The highest BCUT2D eigenvalue weighted by atomic mass is 16.4. The summed E-state index contributed by atoms with van der Waals surface area (Å²) in [6, 6.07) is 18.1. The number of pyridine rings is 1. The molecule has 5 aromatic rings. The van der Waals surface area contributed by atoms with Gasteiger partial charge < -0.3 is 9.52 Å². The van der Waals surface area contributed by atoms with E-state index in [0.717, 1.165) is 17.7 Å². The molecule has 1 N–H and O–H groups in total. The quantitative estimate of drug-likeness (QED) is 0.320. The largest absolute Gasteiger partial charge is 0.478 e. The van der Waals surface area contributed by atoms with E-state index < -0.39 is 5.97 Å². The first-order valence-corrected chi connectivity index (χ1v) is 11.6. The van der Waals surface area contributed by atoms with Gasteiger partial charge in [0.2, 0.25) is 0 Å². The molecule has 35 heavy (non-hydrogen) atoms. The first kappa shape index (κ1) is 22.6. The molecular weight excluding hydrogens is 438 g/mol. The van der Waals surface area contributed by atoms with Crippen molar-refractivity contribution in [3.8, 4) is 11.5 Å². The van der Waals surface area contributed by atoms with Crippen molar-refractivity contribution >= 4 is 17.0 Å². The molecule has 0 saturated carbocycles. The maximum absolute atomic E-state index is 12.0. The monoisotopic (exact) mass is 465 g/mol. The van der Waals surface area contributed by atoms with Crippen LogP contribution in [0.3, 0.4) is 0 Å². The first-order chi connectivity index (χ1) is 16.8. The van der Waals surface area contributed by atoms with Crippen LogP contribution in [-0.2, 0) is 13.0 Å². The second-order valence-corrected chi connectivity index (χ2v) is 9.13. The molecule has 0 aliphatic heterocycles. The van der Waals surface area contributed by atoms with Gasteiger partial charge in [0, 0.05) is 5.69 Å². The van der Waals surface area contributed by atoms with Gasteiger partial charge >= 0.3 is 5.97 Å². The third-order valence-electron chi connectivity index (χ3n) is 6.72. The zero-order chi connectivity index (χ0) is 24.7. The van der Waals surface area contributed by atoms with Gasteiger partial charge in [0.15, 0.2) is 11.4 Å². The summed E-state index contributed by atoms with van der Waals surface area (Å²) < 4.78 is 7.24. The predicted molar refractivity (Wildman–Crippen MR) is 136 cm³/mol. The van der Waals surface area contributed by atoms with Crippen LogP contribution in [0.5, 0.6) is 0 Å². The van der Waals surface area contributed by atoms with Crippen molar-refractivity contribution in [2.45, 2.75) is 40.7 Å². The molecule has 0 atom stereocenters. The van der Waals surface area contributed by atoms with Crippen molar-refractivity contribution in [2.24, 2.45) is 0 Å². The lowest BCUT2D eigenvalue weighted by atomic mass is 9.96. The Balaban J connectivity index is 1.43. The molecule has 5 rings (SSSR count). The smallest absolute Gasteiger partial charge is 0.336 e. The van der Waals surface area contributed by atoms with Gasteiger partial charge in [0.1, 0.15) is 5.69 Å². The van der Waals surface area contributed by atoms with Crippen molar-refractivity contribution in [1.29, 1.82) is 0 Å². The second kappa shape index (κ2) is 8.87. The van der Waals surface area contributed by atoms with Gasteiger partial charge in [-0.05, 0) is 85.7 Å². The number of nitrogens with zero attached hydrogens (tertiary/aromatic N) is 3. The minimum absolute atomic E-state index is 0.171. The molecule has 6 heteroatoms. The number of fused-ring (bicyclic) bond motifs is 1. The van der Waals surface area contributed by atoms with E-state index in [-0.39, 0.29) is 5.56 Å². The summed E-state index contributed by atoms with van der Waals surface area (Å²) in [5, 5.41) is 15.0. The number of rotatable bonds is 6. The van der Waals surface area contributed by atoms with Gasteiger partial charge in [-0.2, -0.15) is 5.10 Å². The van der Waals surface area contributed by atoms with Crippen LogP contribution in [0.2, 0.25) is 0 Å². The van der Waals surface area contributed by atoms with E-state index in [9.17, 15) is 9.90 Å². The lowest BCUT2D eigenvalue weighted by Crippen LogP contribution is -2.04. The summed E-state index contributed by atoms with van der Waals surface area (Å²) in [4.78, 5) is 16.6. The summed E-state index contributed by atoms with van der Waals surface area (Å²) in [6.07, 6.45) is 2.42. The molecule has 2 aromatic carbocycles. The fraction of sp³-hybridized carbons (Fsp3) is 0.207. The number of carboxylic acids is 1. The lowest BCUT2D eigenvalue weighted by molar-refractivity contribution is 0.0699. The van der Waals surface area contributed by atoms with E-state index in [1.807, 2.05) is 11.6 Å². The lowest BCUT2D eigenvalue weighted by Gasteiger charge is -2.10. The molecule has 3 aromatic heterocycles. The number of carboxylic acid groups (broad SMARTS) is 1. The number of aryl methyl sites for hydroxylation is 3. The van der Waals surface area contributed by atoms with Crippen LogP contribution in [0.1, 0.15) is 49.4 Å². The zero-order valence-corrected chi connectivity index (χ0v) is 20.3.